The summed E-state index contributed by atoms with van der Waals surface area (Å²) in [5.41, 5.74) is 7.88. The van der Waals surface area contributed by atoms with Crippen LogP contribution in [0.15, 0.2) is 20.6 Å². The van der Waals surface area contributed by atoms with Crippen molar-refractivity contribution in [2.45, 2.75) is 44.9 Å². The van der Waals surface area contributed by atoms with E-state index in [0.29, 0.717) is 12.8 Å². The number of nitrogens with zero attached hydrogens (tertiary/aromatic N) is 1. The zero-order chi connectivity index (χ0) is 15.8. The Balaban J connectivity index is 2.17. The molecule has 0 saturated heterocycles. The number of nitrogen functional groups attached to an aromatic ring is 1. The van der Waals surface area contributed by atoms with Gasteiger partial charge in [0.2, 0.25) is 5.91 Å². The Hall–Kier alpha value is -1.83. The molecule has 0 fully saturated rings. The van der Waals surface area contributed by atoms with E-state index in [1.807, 2.05) is 13.8 Å². The molecule has 1 aliphatic carbocycles. The number of hydrogen-bond donors (Lipinski definition) is 2. The van der Waals surface area contributed by atoms with Gasteiger partial charge in [-0.3, -0.25) is 4.79 Å². The molecule has 0 bridgehead atoms. The highest BCUT2D eigenvalue weighted by Crippen LogP contribution is 2.29. The van der Waals surface area contributed by atoms with E-state index in [0.717, 1.165) is 12.0 Å². The number of aromatic nitrogens is 1. The van der Waals surface area contributed by atoms with Crippen molar-refractivity contribution in [1.82, 2.24) is 9.88 Å². The number of allylic oxidation sites excluding steroid dienone is 2. The van der Waals surface area contributed by atoms with Crippen LogP contribution in [0.5, 0.6) is 0 Å². The molecule has 0 spiro atoms. The van der Waals surface area contributed by atoms with Gasteiger partial charge < -0.3 is 10.3 Å². The highest BCUT2D eigenvalue weighted by molar-refractivity contribution is 7.90. The fourth-order valence-corrected chi connectivity index (χ4v) is 3.71. The molecule has 116 valence electrons. The molecule has 1 aromatic heterocycles. The number of carbonyl (C=O) groups is 1. The number of hydrogen-bond acceptors (Lipinski definition) is 6. The van der Waals surface area contributed by atoms with Gasteiger partial charge in [0, 0.05) is 5.92 Å². The second-order valence-corrected chi connectivity index (χ2v) is 7.04. The number of nitrogens with one attached hydrogen (secondary N) is 1. The van der Waals surface area contributed by atoms with Crippen molar-refractivity contribution >= 4 is 21.7 Å². The molecule has 0 aliphatic heterocycles. The van der Waals surface area contributed by atoms with Crippen molar-refractivity contribution in [2.75, 3.05) is 5.73 Å². The zero-order valence-corrected chi connectivity index (χ0v) is 13.1. The lowest BCUT2D eigenvalue weighted by Gasteiger charge is -2.23. The Morgan fingerprint density at radius 3 is 2.52 bits per heavy atom. The maximum atomic E-state index is 12.2. The minimum Gasteiger partial charge on any atom is -0.380 e. The Labute approximate surface area is 123 Å². The average molecular weight is 313 g/mol. The summed E-state index contributed by atoms with van der Waals surface area (Å²) in [6, 6.07) is 0. The molecule has 8 heteroatoms. The van der Waals surface area contributed by atoms with E-state index in [1.165, 1.54) is 12.5 Å². The first kappa shape index (κ1) is 15.6. The second-order valence-electron chi connectivity index (χ2n) is 5.42. The van der Waals surface area contributed by atoms with Gasteiger partial charge in [-0.1, -0.05) is 16.3 Å². The maximum Gasteiger partial charge on any atom is 0.271 e. The molecule has 21 heavy (non-hydrogen) atoms. The fraction of sp³-hybridized carbons (Fsp3) is 0.538. The minimum absolute atomic E-state index is 0.0587. The van der Waals surface area contributed by atoms with Gasteiger partial charge in [0.25, 0.3) is 10.0 Å². The summed E-state index contributed by atoms with van der Waals surface area (Å²) >= 11 is 0. The first-order valence-electron chi connectivity index (χ1n) is 6.66. The molecule has 7 nitrogen and oxygen atoms in total. The van der Waals surface area contributed by atoms with E-state index in [1.54, 1.807) is 0 Å². The van der Waals surface area contributed by atoms with Crippen LogP contribution in [0.4, 0.5) is 5.82 Å². The van der Waals surface area contributed by atoms with Crippen LogP contribution >= 0.6 is 0 Å². The van der Waals surface area contributed by atoms with Gasteiger partial charge in [-0.15, -0.1) is 0 Å². The summed E-state index contributed by atoms with van der Waals surface area (Å²) in [5, 5.41) is 3.39. The number of carbonyl (C=O) groups excluding carboxylic acids is 1. The van der Waals surface area contributed by atoms with E-state index in [-0.39, 0.29) is 22.4 Å². The van der Waals surface area contributed by atoms with Gasteiger partial charge in [0.1, 0.15) is 0 Å². The van der Waals surface area contributed by atoms with Crippen LogP contribution in [0.25, 0.3) is 0 Å². The van der Waals surface area contributed by atoms with Crippen LogP contribution in [-0.4, -0.2) is 19.5 Å². The third-order valence-electron chi connectivity index (χ3n) is 3.86. The van der Waals surface area contributed by atoms with Crippen LogP contribution in [0, 0.1) is 12.8 Å². The molecule has 1 aliphatic rings. The highest BCUT2D eigenvalue weighted by Gasteiger charge is 2.31. The summed E-state index contributed by atoms with van der Waals surface area (Å²) in [4.78, 5) is 11.9. The lowest BCUT2D eigenvalue weighted by atomic mass is 9.85. The van der Waals surface area contributed by atoms with Gasteiger partial charge >= 0.3 is 0 Å². The van der Waals surface area contributed by atoms with Crippen molar-refractivity contribution in [2.24, 2.45) is 5.92 Å². The number of nitrogens with two attached hydrogens (primary N) is 1. The van der Waals surface area contributed by atoms with Gasteiger partial charge in [0.05, 0.1) is 0 Å². The highest BCUT2D eigenvalue weighted by atomic mass is 32.2. The number of amides is 1. The summed E-state index contributed by atoms with van der Waals surface area (Å²) < 4.78 is 31.2. The van der Waals surface area contributed by atoms with E-state index < -0.39 is 15.9 Å². The van der Waals surface area contributed by atoms with Gasteiger partial charge in [-0.05, 0) is 40.0 Å². The van der Waals surface area contributed by atoms with Crippen LogP contribution in [0.1, 0.15) is 38.9 Å². The molecular weight excluding hydrogens is 294 g/mol. The monoisotopic (exact) mass is 313 g/mol. The van der Waals surface area contributed by atoms with Crippen LogP contribution in [0.2, 0.25) is 0 Å². The Morgan fingerprint density at radius 2 is 2.00 bits per heavy atom. The summed E-state index contributed by atoms with van der Waals surface area (Å²) in [5.74, 6) is -1.04. The van der Waals surface area contributed by atoms with E-state index in [9.17, 15) is 13.2 Å². The molecule has 1 atom stereocenters. The Bertz CT molecular complexity index is 683. The maximum absolute atomic E-state index is 12.2. The van der Waals surface area contributed by atoms with Gasteiger partial charge in [-0.2, -0.15) is 0 Å². The summed E-state index contributed by atoms with van der Waals surface area (Å²) in [6.45, 7) is 5.42. The third-order valence-corrected chi connectivity index (χ3v) is 5.36. The summed E-state index contributed by atoms with van der Waals surface area (Å²) in [6.07, 6.45) is 2.02. The molecule has 0 radical (unpaired) electrons. The topological polar surface area (TPSA) is 115 Å². The molecule has 2 rings (SSSR count). The summed E-state index contributed by atoms with van der Waals surface area (Å²) in [7, 11) is -4.05. The van der Waals surface area contributed by atoms with Crippen molar-refractivity contribution in [3.63, 3.8) is 0 Å². The molecule has 3 N–H and O–H groups in total. The Morgan fingerprint density at radius 1 is 1.33 bits per heavy atom. The standard InChI is InChI=1S/C13H19N3O4S/c1-7-4-5-10(6-8(7)2)13(17)16-21(18,19)11-9(3)20-15-12(11)14/h10H,4-6H2,1-3H3,(H2,14,15)(H,16,17)/t10-/m0/s1. The van der Waals surface area contributed by atoms with E-state index in [2.05, 4.69) is 9.88 Å². The lowest BCUT2D eigenvalue weighted by Crippen LogP contribution is -2.37. The minimum atomic E-state index is -4.05. The van der Waals surface area contributed by atoms with Crippen molar-refractivity contribution < 1.29 is 17.7 Å². The van der Waals surface area contributed by atoms with Crippen molar-refractivity contribution in [3.8, 4) is 0 Å². The number of rotatable bonds is 3. The zero-order valence-electron chi connectivity index (χ0n) is 12.3. The average Bonchev–Trinajstić information content (AvgIpc) is 2.72. The smallest absolute Gasteiger partial charge is 0.271 e. The van der Waals surface area contributed by atoms with Gasteiger partial charge in [-0.25, -0.2) is 13.1 Å². The largest absolute Gasteiger partial charge is 0.380 e. The molecule has 0 unspecified atom stereocenters. The predicted octanol–water partition coefficient (Wildman–Crippen LogP) is 1.51. The van der Waals surface area contributed by atoms with Crippen molar-refractivity contribution in [3.05, 3.63) is 16.9 Å². The molecule has 1 amide bonds. The first-order chi connectivity index (χ1) is 9.72. The van der Waals surface area contributed by atoms with Crippen LogP contribution in [-0.2, 0) is 14.8 Å². The predicted molar refractivity (Wildman–Crippen MR) is 76.7 cm³/mol. The molecule has 1 heterocycles. The molecule has 1 aromatic rings. The second kappa shape index (κ2) is 5.51. The van der Waals surface area contributed by atoms with Crippen molar-refractivity contribution in [1.29, 1.82) is 0 Å². The number of anilines is 1. The molecular formula is C13H19N3O4S. The number of sulfonamides is 1. The number of aryl methyl sites for hydroxylation is 1. The lowest BCUT2D eigenvalue weighted by molar-refractivity contribution is -0.123. The van der Waals surface area contributed by atoms with E-state index in [4.69, 9.17) is 10.3 Å². The molecule has 0 aromatic carbocycles. The Kier molecular flexibility index (Phi) is 4.08. The molecule has 0 saturated carbocycles. The quantitative estimate of drug-likeness (QED) is 0.817. The van der Waals surface area contributed by atoms with E-state index >= 15 is 0 Å². The van der Waals surface area contributed by atoms with Crippen LogP contribution < -0.4 is 10.5 Å². The first-order valence-corrected chi connectivity index (χ1v) is 8.14. The normalized spacial score (nSPS) is 19.7. The van der Waals surface area contributed by atoms with Crippen LogP contribution in [0.3, 0.4) is 0 Å². The SMILES string of the molecule is CC1=C(C)C[C@@H](C(=O)NS(=O)(=O)c2c(N)noc2C)CC1. The fourth-order valence-electron chi connectivity index (χ4n) is 2.45. The van der Waals surface area contributed by atoms with Gasteiger partial charge in [0.15, 0.2) is 16.5 Å². The third kappa shape index (κ3) is 3.10.